The van der Waals surface area contributed by atoms with Crippen LogP contribution in [0.1, 0.15) is 52.4 Å². The van der Waals surface area contributed by atoms with E-state index in [2.05, 4.69) is 17.3 Å². The van der Waals surface area contributed by atoms with Gasteiger partial charge in [0.05, 0.1) is 16.1 Å². The lowest BCUT2D eigenvalue weighted by molar-refractivity contribution is -0.137. The number of hydrogen-bond acceptors (Lipinski definition) is 2. The average Bonchev–Trinajstić information content (AvgIpc) is 2.66. The number of carbonyl (C=O) groups excluding carboxylic acids is 1. The molecule has 0 unspecified atom stereocenters. The maximum Gasteiger partial charge on any atom is 0.417 e. The maximum atomic E-state index is 12.9. The minimum atomic E-state index is -4.60. The second kappa shape index (κ2) is 9.83. The fourth-order valence-electron chi connectivity index (χ4n) is 3.56. The van der Waals surface area contributed by atoms with Crippen molar-refractivity contribution in [2.75, 3.05) is 13.6 Å². The number of piperidine rings is 1. The fourth-order valence-corrected chi connectivity index (χ4v) is 3.88. The molecule has 2 aromatic carbocycles. The molecule has 1 heterocycles. The van der Waals surface area contributed by atoms with E-state index in [1.165, 1.54) is 30.5 Å². The van der Waals surface area contributed by atoms with Crippen molar-refractivity contribution < 1.29 is 18.0 Å². The van der Waals surface area contributed by atoms with E-state index in [1.54, 1.807) is 0 Å². The molecule has 0 spiro atoms. The molecule has 1 amide bonds. The molecule has 2 aromatic rings. The third-order valence-electron chi connectivity index (χ3n) is 5.14. The third-order valence-corrected chi connectivity index (χ3v) is 5.54. The summed E-state index contributed by atoms with van der Waals surface area (Å²) in [6.07, 6.45) is -1.05. The van der Waals surface area contributed by atoms with E-state index in [0.717, 1.165) is 24.6 Å². The van der Waals surface area contributed by atoms with Crippen molar-refractivity contribution in [3.63, 3.8) is 0 Å². The molecule has 0 aromatic heterocycles. The lowest BCUT2D eigenvalue weighted by atomic mass is 9.95. The monoisotopic (exact) mass is 446 g/mol. The van der Waals surface area contributed by atoms with Crippen LogP contribution in [-0.4, -0.2) is 24.4 Å². The molecule has 1 atom stereocenters. The van der Waals surface area contributed by atoms with Crippen molar-refractivity contribution in [1.29, 1.82) is 0 Å². The van der Waals surface area contributed by atoms with E-state index in [-0.39, 0.29) is 24.5 Å². The Kier molecular flexibility index (Phi) is 7.97. The number of likely N-dealkylation sites (tertiary alicyclic amines) is 1. The number of halogens is 5. The van der Waals surface area contributed by atoms with E-state index in [4.69, 9.17) is 11.6 Å². The van der Waals surface area contributed by atoms with Gasteiger partial charge in [0.25, 0.3) is 5.91 Å². The van der Waals surface area contributed by atoms with Crippen molar-refractivity contribution in [3.05, 3.63) is 69.7 Å². The molecule has 1 fully saturated rings. The summed E-state index contributed by atoms with van der Waals surface area (Å²) < 4.78 is 38.8. The number of benzene rings is 2. The zero-order valence-electron chi connectivity index (χ0n) is 15.9. The topological polar surface area (TPSA) is 32.3 Å². The van der Waals surface area contributed by atoms with Crippen LogP contribution in [0.25, 0.3) is 0 Å². The molecule has 1 N–H and O–H groups in total. The van der Waals surface area contributed by atoms with E-state index in [1.807, 2.05) is 24.3 Å². The van der Waals surface area contributed by atoms with Crippen LogP contribution < -0.4 is 5.32 Å². The molecule has 1 aliphatic rings. The van der Waals surface area contributed by atoms with Crippen LogP contribution in [0.2, 0.25) is 5.02 Å². The number of carbonyl (C=O) groups is 1. The van der Waals surface area contributed by atoms with Gasteiger partial charge in [0.2, 0.25) is 0 Å². The number of hydrogen-bond donors (Lipinski definition) is 1. The highest BCUT2D eigenvalue weighted by Crippen LogP contribution is 2.36. The summed E-state index contributed by atoms with van der Waals surface area (Å²) >= 11 is 5.81. The Hall–Kier alpha value is -1.76. The molecule has 0 saturated carbocycles. The SMILES string of the molecule is CN1CCCC[C@H]1c1ccc(CNC(=O)c2cccc(C(F)(F)F)c2Cl)cc1.Cl. The number of amides is 1. The van der Waals surface area contributed by atoms with E-state index < -0.39 is 22.7 Å². The number of alkyl halides is 3. The first-order chi connectivity index (χ1) is 13.3. The third kappa shape index (κ3) is 5.65. The van der Waals surface area contributed by atoms with Gasteiger partial charge in [-0.15, -0.1) is 12.4 Å². The molecule has 0 aliphatic carbocycles. The van der Waals surface area contributed by atoms with Crippen LogP contribution in [0.5, 0.6) is 0 Å². The zero-order valence-corrected chi connectivity index (χ0v) is 17.5. The van der Waals surface area contributed by atoms with Gasteiger partial charge in [0.1, 0.15) is 0 Å². The fraction of sp³-hybridized carbons (Fsp3) is 0.381. The minimum Gasteiger partial charge on any atom is -0.348 e. The minimum absolute atomic E-state index is 0. The highest BCUT2D eigenvalue weighted by Gasteiger charge is 2.34. The molecule has 1 saturated heterocycles. The van der Waals surface area contributed by atoms with Crippen molar-refractivity contribution in [1.82, 2.24) is 10.2 Å². The van der Waals surface area contributed by atoms with E-state index >= 15 is 0 Å². The van der Waals surface area contributed by atoms with E-state index in [0.29, 0.717) is 6.04 Å². The highest BCUT2D eigenvalue weighted by molar-refractivity contribution is 6.34. The second-order valence-corrected chi connectivity index (χ2v) is 7.46. The van der Waals surface area contributed by atoms with Gasteiger partial charge in [-0.2, -0.15) is 13.2 Å². The summed E-state index contributed by atoms with van der Waals surface area (Å²) in [4.78, 5) is 14.6. The molecule has 1 aliphatic heterocycles. The first-order valence-corrected chi connectivity index (χ1v) is 9.58. The van der Waals surface area contributed by atoms with Gasteiger partial charge in [0.15, 0.2) is 0 Å². The largest absolute Gasteiger partial charge is 0.417 e. The summed E-state index contributed by atoms with van der Waals surface area (Å²) in [6, 6.07) is 11.7. The van der Waals surface area contributed by atoms with Crippen LogP contribution in [0.4, 0.5) is 13.2 Å². The summed E-state index contributed by atoms with van der Waals surface area (Å²) in [5.41, 5.74) is 0.913. The standard InChI is InChI=1S/C21H22ClF3N2O.ClH/c1-27-12-3-2-7-18(27)15-10-8-14(9-11-15)13-26-20(28)16-5-4-6-17(19(16)22)21(23,24)25;/h4-6,8-11,18H,2-3,7,12-13H2,1H3,(H,26,28);1H/t18-;/m0./s1. The van der Waals surface area contributed by atoms with Crippen molar-refractivity contribution in [2.45, 2.75) is 38.0 Å². The van der Waals surface area contributed by atoms with Gasteiger partial charge in [-0.25, -0.2) is 0 Å². The molecule has 0 bridgehead atoms. The molecule has 158 valence electrons. The van der Waals surface area contributed by atoms with E-state index in [9.17, 15) is 18.0 Å². The van der Waals surface area contributed by atoms with Crippen molar-refractivity contribution in [2.24, 2.45) is 0 Å². The molecular formula is C21H23Cl2F3N2O. The second-order valence-electron chi connectivity index (χ2n) is 7.08. The quantitative estimate of drug-likeness (QED) is 0.636. The smallest absolute Gasteiger partial charge is 0.348 e. The first kappa shape index (κ1) is 23.5. The molecule has 3 nitrogen and oxygen atoms in total. The van der Waals surface area contributed by atoms with Crippen LogP contribution in [0, 0.1) is 0 Å². The Morgan fingerprint density at radius 3 is 2.48 bits per heavy atom. The lowest BCUT2D eigenvalue weighted by Crippen LogP contribution is -2.29. The normalized spacial score (nSPS) is 17.5. The lowest BCUT2D eigenvalue weighted by Gasteiger charge is -2.32. The van der Waals surface area contributed by atoms with Gasteiger partial charge in [-0.1, -0.05) is 48.4 Å². The Bertz CT molecular complexity index is 841. The molecule has 0 radical (unpaired) electrons. The van der Waals surface area contributed by atoms with Crippen molar-refractivity contribution >= 4 is 29.9 Å². The van der Waals surface area contributed by atoms with Gasteiger partial charge in [-0.05, 0) is 49.7 Å². The molecule has 29 heavy (non-hydrogen) atoms. The average molecular weight is 447 g/mol. The Balaban J connectivity index is 0.00000300. The molecular weight excluding hydrogens is 424 g/mol. The van der Waals surface area contributed by atoms with Crippen LogP contribution >= 0.6 is 24.0 Å². The molecule has 8 heteroatoms. The van der Waals surface area contributed by atoms with Crippen LogP contribution in [-0.2, 0) is 12.7 Å². The van der Waals surface area contributed by atoms with Crippen LogP contribution in [0.3, 0.4) is 0 Å². The first-order valence-electron chi connectivity index (χ1n) is 9.20. The number of nitrogens with zero attached hydrogens (tertiary/aromatic N) is 1. The summed E-state index contributed by atoms with van der Waals surface area (Å²) in [7, 11) is 2.12. The predicted molar refractivity (Wildman–Crippen MR) is 111 cm³/mol. The highest BCUT2D eigenvalue weighted by atomic mass is 35.5. The van der Waals surface area contributed by atoms with Gasteiger partial charge < -0.3 is 5.32 Å². The van der Waals surface area contributed by atoms with Gasteiger partial charge in [0, 0.05) is 12.6 Å². The summed E-state index contributed by atoms with van der Waals surface area (Å²) in [6.45, 7) is 1.30. The summed E-state index contributed by atoms with van der Waals surface area (Å²) in [5, 5.41) is 2.06. The number of nitrogens with one attached hydrogen (secondary N) is 1. The molecule has 3 rings (SSSR count). The summed E-state index contributed by atoms with van der Waals surface area (Å²) in [5.74, 6) is -0.632. The zero-order chi connectivity index (χ0) is 20.3. The van der Waals surface area contributed by atoms with Gasteiger partial charge in [-0.3, -0.25) is 9.69 Å². The maximum absolute atomic E-state index is 12.9. The number of rotatable bonds is 4. The van der Waals surface area contributed by atoms with Gasteiger partial charge >= 0.3 is 6.18 Å². The Morgan fingerprint density at radius 1 is 1.17 bits per heavy atom. The van der Waals surface area contributed by atoms with Crippen molar-refractivity contribution in [3.8, 4) is 0 Å². The van der Waals surface area contributed by atoms with Crippen LogP contribution in [0.15, 0.2) is 42.5 Å². The Labute approximate surface area is 179 Å². The predicted octanol–water partition coefficient (Wildman–Crippen LogP) is 5.87. The Morgan fingerprint density at radius 2 is 1.86 bits per heavy atom.